The molecule has 0 heterocycles. The van der Waals surface area contributed by atoms with Crippen LogP contribution in [0, 0.1) is 0 Å². The molecular weight excluding hydrogens is 202 g/mol. The van der Waals surface area contributed by atoms with E-state index in [9.17, 15) is 13.2 Å². The molecule has 0 aliphatic heterocycles. The van der Waals surface area contributed by atoms with Crippen molar-refractivity contribution in [3.8, 4) is 0 Å². The van der Waals surface area contributed by atoms with E-state index in [-0.39, 0.29) is 4.90 Å². The fourth-order valence-electron chi connectivity index (χ4n) is 0.946. The van der Waals surface area contributed by atoms with Gasteiger partial charge in [-0.1, -0.05) is 18.2 Å². The van der Waals surface area contributed by atoms with E-state index < -0.39 is 10.0 Å². The Hall–Kier alpha value is -1.46. The first-order valence-corrected chi connectivity index (χ1v) is 5.33. The van der Waals surface area contributed by atoms with Crippen LogP contribution in [0.2, 0.25) is 0 Å². The second-order valence-electron chi connectivity index (χ2n) is 2.61. The SMILES string of the molecule is NS(=O)(=O)c1cccc(C=CC=O)c1. The lowest BCUT2D eigenvalue weighted by molar-refractivity contribution is -0.104. The molecule has 2 N–H and O–H groups in total. The number of allylic oxidation sites excluding steroid dienone is 1. The molecule has 5 heteroatoms. The third-order valence-corrected chi connectivity index (χ3v) is 2.46. The van der Waals surface area contributed by atoms with Crippen molar-refractivity contribution >= 4 is 22.4 Å². The van der Waals surface area contributed by atoms with Crippen molar-refractivity contribution in [1.29, 1.82) is 0 Å². The molecule has 74 valence electrons. The van der Waals surface area contributed by atoms with Crippen molar-refractivity contribution in [2.45, 2.75) is 4.90 Å². The van der Waals surface area contributed by atoms with Crippen LogP contribution in [0.4, 0.5) is 0 Å². The van der Waals surface area contributed by atoms with Crippen molar-refractivity contribution in [2.75, 3.05) is 0 Å². The average Bonchev–Trinajstić information content (AvgIpc) is 2.14. The highest BCUT2D eigenvalue weighted by atomic mass is 32.2. The summed E-state index contributed by atoms with van der Waals surface area (Å²) in [6.07, 6.45) is 3.40. The number of rotatable bonds is 3. The number of carbonyl (C=O) groups is 1. The zero-order valence-electron chi connectivity index (χ0n) is 7.25. The summed E-state index contributed by atoms with van der Waals surface area (Å²) in [6, 6.07) is 6.03. The summed E-state index contributed by atoms with van der Waals surface area (Å²) in [4.78, 5) is 10.1. The van der Waals surface area contributed by atoms with Crippen LogP contribution in [-0.2, 0) is 14.8 Å². The number of nitrogens with two attached hydrogens (primary N) is 1. The number of primary sulfonamides is 1. The first-order valence-electron chi connectivity index (χ1n) is 3.79. The lowest BCUT2D eigenvalue weighted by atomic mass is 10.2. The van der Waals surface area contributed by atoms with Gasteiger partial charge in [0.1, 0.15) is 6.29 Å². The third kappa shape index (κ3) is 2.79. The maximum absolute atomic E-state index is 10.9. The number of sulfonamides is 1. The van der Waals surface area contributed by atoms with E-state index in [0.29, 0.717) is 11.8 Å². The van der Waals surface area contributed by atoms with Gasteiger partial charge in [-0.2, -0.15) is 0 Å². The molecular formula is C9H9NO3S. The first-order chi connectivity index (χ1) is 6.54. The van der Waals surface area contributed by atoms with Gasteiger partial charge in [0, 0.05) is 0 Å². The Labute approximate surface area is 82.1 Å². The number of hydrogen-bond donors (Lipinski definition) is 1. The highest BCUT2D eigenvalue weighted by Gasteiger charge is 2.06. The highest BCUT2D eigenvalue weighted by Crippen LogP contribution is 2.10. The van der Waals surface area contributed by atoms with E-state index in [1.165, 1.54) is 24.3 Å². The summed E-state index contributed by atoms with van der Waals surface area (Å²) < 4.78 is 21.9. The molecule has 0 radical (unpaired) electrons. The van der Waals surface area contributed by atoms with Crippen LogP contribution in [-0.4, -0.2) is 14.7 Å². The molecule has 0 unspecified atom stereocenters. The summed E-state index contributed by atoms with van der Waals surface area (Å²) in [6.45, 7) is 0. The van der Waals surface area contributed by atoms with Crippen molar-refractivity contribution in [2.24, 2.45) is 5.14 Å². The van der Waals surface area contributed by atoms with E-state index in [1.807, 2.05) is 0 Å². The van der Waals surface area contributed by atoms with Crippen LogP contribution in [0.25, 0.3) is 6.08 Å². The van der Waals surface area contributed by atoms with Crippen LogP contribution in [0.15, 0.2) is 35.2 Å². The van der Waals surface area contributed by atoms with E-state index in [4.69, 9.17) is 5.14 Å². The quantitative estimate of drug-likeness (QED) is 0.585. The lowest BCUT2D eigenvalue weighted by Crippen LogP contribution is -2.11. The molecule has 0 aromatic heterocycles. The Morgan fingerprint density at radius 3 is 2.57 bits per heavy atom. The Bertz CT molecular complexity index is 463. The van der Waals surface area contributed by atoms with E-state index in [2.05, 4.69) is 0 Å². The molecule has 0 spiro atoms. The Balaban J connectivity index is 3.14. The maximum Gasteiger partial charge on any atom is 0.238 e. The molecule has 0 atom stereocenters. The molecule has 0 saturated heterocycles. The van der Waals surface area contributed by atoms with Crippen molar-refractivity contribution < 1.29 is 13.2 Å². The zero-order valence-corrected chi connectivity index (χ0v) is 8.07. The molecule has 14 heavy (non-hydrogen) atoms. The van der Waals surface area contributed by atoms with Crippen molar-refractivity contribution in [3.63, 3.8) is 0 Å². The zero-order chi connectivity index (χ0) is 10.6. The molecule has 4 nitrogen and oxygen atoms in total. The minimum Gasteiger partial charge on any atom is -0.299 e. The van der Waals surface area contributed by atoms with Gasteiger partial charge in [0.2, 0.25) is 10.0 Å². The second kappa shape index (κ2) is 4.17. The smallest absolute Gasteiger partial charge is 0.238 e. The molecule has 0 aliphatic rings. The second-order valence-corrected chi connectivity index (χ2v) is 4.17. The molecule has 0 fully saturated rings. The summed E-state index contributed by atoms with van der Waals surface area (Å²) in [5, 5.41) is 4.93. The monoisotopic (exact) mass is 211 g/mol. The molecule has 1 aromatic carbocycles. The highest BCUT2D eigenvalue weighted by molar-refractivity contribution is 7.89. The normalized spacial score (nSPS) is 11.8. The van der Waals surface area contributed by atoms with Gasteiger partial charge in [-0.25, -0.2) is 13.6 Å². The van der Waals surface area contributed by atoms with Crippen molar-refractivity contribution in [3.05, 3.63) is 35.9 Å². The molecule has 0 amide bonds. The Kier molecular flexibility index (Phi) is 3.16. The van der Waals surface area contributed by atoms with Crippen molar-refractivity contribution in [1.82, 2.24) is 0 Å². The summed E-state index contributed by atoms with van der Waals surface area (Å²) in [5.41, 5.74) is 0.614. The predicted octanol–water partition coefficient (Wildman–Crippen LogP) is 0.546. The van der Waals surface area contributed by atoms with Gasteiger partial charge in [-0.05, 0) is 23.8 Å². The molecule has 0 aliphatic carbocycles. The topological polar surface area (TPSA) is 77.2 Å². The third-order valence-electron chi connectivity index (χ3n) is 1.55. The first kappa shape index (κ1) is 10.6. The molecule has 1 aromatic rings. The van der Waals surface area contributed by atoms with E-state index >= 15 is 0 Å². The molecule has 1 rings (SSSR count). The summed E-state index contributed by atoms with van der Waals surface area (Å²) in [5.74, 6) is 0. The summed E-state index contributed by atoms with van der Waals surface area (Å²) in [7, 11) is -3.67. The van der Waals surface area contributed by atoms with Crippen LogP contribution < -0.4 is 5.14 Å². The van der Waals surface area contributed by atoms with Crippen LogP contribution >= 0.6 is 0 Å². The van der Waals surface area contributed by atoms with E-state index in [1.54, 1.807) is 12.1 Å². The number of aldehydes is 1. The van der Waals surface area contributed by atoms with Gasteiger partial charge in [0.05, 0.1) is 4.90 Å². The maximum atomic E-state index is 10.9. The lowest BCUT2D eigenvalue weighted by Gasteiger charge is -1.98. The van der Waals surface area contributed by atoms with Crippen LogP contribution in [0.5, 0.6) is 0 Å². The fraction of sp³-hybridized carbons (Fsp3) is 0. The minimum absolute atomic E-state index is 0.0329. The Morgan fingerprint density at radius 2 is 2.00 bits per heavy atom. The standard InChI is InChI=1S/C9H9NO3S/c10-14(12,13)9-5-1-3-8(7-9)4-2-6-11/h1-7H,(H2,10,12,13). The fourth-order valence-corrected chi connectivity index (χ4v) is 1.51. The largest absolute Gasteiger partial charge is 0.299 e. The molecule has 0 bridgehead atoms. The average molecular weight is 211 g/mol. The molecule has 0 saturated carbocycles. The number of benzene rings is 1. The number of carbonyl (C=O) groups excluding carboxylic acids is 1. The van der Waals surface area contributed by atoms with Gasteiger partial charge >= 0.3 is 0 Å². The van der Waals surface area contributed by atoms with E-state index in [0.717, 1.165) is 0 Å². The Morgan fingerprint density at radius 1 is 1.29 bits per heavy atom. The van der Waals surface area contributed by atoms with Crippen LogP contribution in [0.3, 0.4) is 0 Å². The van der Waals surface area contributed by atoms with Gasteiger partial charge in [-0.15, -0.1) is 0 Å². The van der Waals surface area contributed by atoms with Gasteiger partial charge in [0.25, 0.3) is 0 Å². The summed E-state index contributed by atoms with van der Waals surface area (Å²) >= 11 is 0. The van der Waals surface area contributed by atoms with Gasteiger partial charge < -0.3 is 0 Å². The van der Waals surface area contributed by atoms with Gasteiger partial charge in [-0.3, -0.25) is 4.79 Å². The van der Waals surface area contributed by atoms with Gasteiger partial charge in [0.15, 0.2) is 0 Å². The minimum atomic E-state index is -3.67. The number of hydrogen-bond acceptors (Lipinski definition) is 3. The van der Waals surface area contributed by atoms with Crippen LogP contribution in [0.1, 0.15) is 5.56 Å². The predicted molar refractivity (Wildman–Crippen MR) is 52.9 cm³/mol.